The first-order chi connectivity index (χ1) is 13.5. The molecule has 8 nitrogen and oxygen atoms in total. The van der Waals surface area contributed by atoms with Crippen molar-refractivity contribution in [3.63, 3.8) is 0 Å². The molecule has 0 saturated carbocycles. The maximum Gasteiger partial charge on any atom is 0.273 e. The van der Waals surface area contributed by atoms with E-state index >= 15 is 0 Å². The molecule has 0 fully saturated rings. The molecule has 1 heterocycles. The molecule has 2 aromatic carbocycles. The molecule has 146 valence electrons. The lowest BCUT2D eigenvalue weighted by molar-refractivity contribution is -0.116. The second kappa shape index (κ2) is 8.43. The average molecular weight is 383 g/mol. The predicted molar refractivity (Wildman–Crippen MR) is 106 cm³/mol. The Morgan fingerprint density at radius 2 is 1.86 bits per heavy atom. The van der Waals surface area contributed by atoms with Gasteiger partial charge in [0.1, 0.15) is 0 Å². The van der Waals surface area contributed by atoms with E-state index in [1.807, 2.05) is 6.92 Å². The number of aryl methyl sites for hydroxylation is 1. The molecule has 3 aromatic rings. The molecular weight excluding hydrogens is 362 g/mol. The predicted octanol–water partition coefficient (Wildman–Crippen LogP) is 2.13. The standard InChI is InChI=1S/C20H21N3O5/c1-3-28-16-9-8-13(12-17(16)27-2)21-18(24)10-11-23-20(26)15-7-5-4-6-14(15)19(25)22-23/h4-9,12H,3,10-11H2,1-2H3,(H,21,24)(H,22,25). The maximum absolute atomic E-state index is 12.5. The lowest BCUT2D eigenvalue weighted by Gasteiger charge is -2.12. The summed E-state index contributed by atoms with van der Waals surface area (Å²) in [6, 6.07) is 11.6. The fourth-order valence-electron chi connectivity index (χ4n) is 2.86. The van der Waals surface area contributed by atoms with Gasteiger partial charge in [-0.25, -0.2) is 4.68 Å². The fraction of sp³-hybridized carbons (Fsp3) is 0.250. The Morgan fingerprint density at radius 1 is 1.11 bits per heavy atom. The van der Waals surface area contributed by atoms with E-state index in [0.29, 0.717) is 34.6 Å². The highest BCUT2D eigenvalue weighted by atomic mass is 16.5. The largest absolute Gasteiger partial charge is 0.493 e. The first-order valence-electron chi connectivity index (χ1n) is 8.86. The van der Waals surface area contributed by atoms with Crippen molar-refractivity contribution in [3.8, 4) is 11.5 Å². The summed E-state index contributed by atoms with van der Waals surface area (Å²) in [4.78, 5) is 36.8. The number of hydrogen-bond donors (Lipinski definition) is 2. The molecule has 0 aliphatic rings. The summed E-state index contributed by atoms with van der Waals surface area (Å²) >= 11 is 0. The van der Waals surface area contributed by atoms with Crippen LogP contribution in [0.3, 0.4) is 0 Å². The van der Waals surface area contributed by atoms with Gasteiger partial charge in [-0.2, -0.15) is 0 Å². The van der Waals surface area contributed by atoms with Crippen LogP contribution >= 0.6 is 0 Å². The number of carbonyl (C=O) groups excluding carboxylic acids is 1. The number of aromatic nitrogens is 2. The minimum atomic E-state index is -0.369. The zero-order valence-corrected chi connectivity index (χ0v) is 15.7. The van der Waals surface area contributed by atoms with E-state index in [9.17, 15) is 14.4 Å². The number of benzene rings is 2. The third-order valence-corrected chi connectivity index (χ3v) is 4.19. The number of rotatable bonds is 7. The normalized spacial score (nSPS) is 10.6. The number of amides is 1. The molecule has 0 radical (unpaired) electrons. The van der Waals surface area contributed by atoms with Crippen LogP contribution in [0.25, 0.3) is 10.8 Å². The van der Waals surface area contributed by atoms with E-state index in [2.05, 4.69) is 10.4 Å². The van der Waals surface area contributed by atoms with Crippen molar-refractivity contribution in [2.45, 2.75) is 19.9 Å². The van der Waals surface area contributed by atoms with Crippen LogP contribution in [0.15, 0.2) is 52.1 Å². The Kier molecular flexibility index (Phi) is 5.78. The van der Waals surface area contributed by atoms with Crippen LogP contribution in [0.5, 0.6) is 11.5 Å². The summed E-state index contributed by atoms with van der Waals surface area (Å²) in [5, 5.41) is 5.91. The summed E-state index contributed by atoms with van der Waals surface area (Å²) in [6.45, 7) is 2.42. The fourth-order valence-corrected chi connectivity index (χ4v) is 2.86. The second-order valence-corrected chi connectivity index (χ2v) is 6.04. The van der Waals surface area contributed by atoms with Crippen LogP contribution in [0.1, 0.15) is 13.3 Å². The number of anilines is 1. The maximum atomic E-state index is 12.5. The van der Waals surface area contributed by atoms with Crippen LogP contribution in [-0.2, 0) is 11.3 Å². The molecule has 8 heteroatoms. The third kappa shape index (κ3) is 4.06. The molecule has 28 heavy (non-hydrogen) atoms. The molecule has 1 amide bonds. The summed E-state index contributed by atoms with van der Waals surface area (Å²) in [5.74, 6) is 0.796. The van der Waals surface area contributed by atoms with Crippen molar-refractivity contribution in [3.05, 3.63) is 63.2 Å². The van der Waals surface area contributed by atoms with Crippen LogP contribution in [0.4, 0.5) is 5.69 Å². The SMILES string of the molecule is CCOc1ccc(NC(=O)CCn2[nH]c(=O)c3ccccc3c2=O)cc1OC. The number of hydrogen-bond acceptors (Lipinski definition) is 5. The molecule has 2 N–H and O–H groups in total. The van der Waals surface area contributed by atoms with Gasteiger partial charge in [-0.15, -0.1) is 0 Å². The monoisotopic (exact) mass is 383 g/mol. The Labute approximate surface area is 160 Å². The number of aromatic amines is 1. The van der Waals surface area contributed by atoms with Crippen molar-refractivity contribution in [1.82, 2.24) is 9.78 Å². The quantitative estimate of drug-likeness (QED) is 0.651. The number of methoxy groups -OCH3 is 1. The van der Waals surface area contributed by atoms with Gasteiger partial charge < -0.3 is 14.8 Å². The molecule has 0 saturated heterocycles. The molecule has 0 bridgehead atoms. The number of ether oxygens (including phenoxy) is 2. The van der Waals surface area contributed by atoms with Crippen molar-refractivity contribution in [1.29, 1.82) is 0 Å². The van der Waals surface area contributed by atoms with E-state index < -0.39 is 0 Å². The van der Waals surface area contributed by atoms with Crippen LogP contribution < -0.4 is 25.9 Å². The van der Waals surface area contributed by atoms with Crippen LogP contribution in [-0.4, -0.2) is 29.4 Å². The Hall–Kier alpha value is -3.55. The van der Waals surface area contributed by atoms with E-state index in [-0.39, 0.29) is 30.0 Å². The molecule has 0 aliphatic heterocycles. The Bertz CT molecular complexity index is 1120. The number of carbonyl (C=O) groups is 1. The van der Waals surface area contributed by atoms with Gasteiger partial charge in [0.2, 0.25) is 5.91 Å². The van der Waals surface area contributed by atoms with E-state index in [4.69, 9.17) is 9.47 Å². The molecule has 0 aliphatic carbocycles. The van der Waals surface area contributed by atoms with Gasteiger partial charge in [0, 0.05) is 18.2 Å². The van der Waals surface area contributed by atoms with Crippen molar-refractivity contribution in [2.24, 2.45) is 0 Å². The number of nitrogens with zero attached hydrogens (tertiary/aromatic N) is 1. The molecule has 3 rings (SSSR count). The molecule has 0 unspecified atom stereocenters. The van der Waals surface area contributed by atoms with E-state index in [1.54, 1.807) is 42.5 Å². The number of nitrogens with one attached hydrogen (secondary N) is 2. The van der Waals surface area contributed by atoms with Crippen molar-refractivity contribution < 1.29 is 14.3 Å². The summed E-state index contributed by atoms with van der Waals surface area (Å²) in [6.07, 6.45) is 0.0176. The first kappa shape index (κ1) is 19.2. The minimum Gasteiger partial charge on any atom is -0.493 e. The van der Waals surface area contributed by atoms with Crippen LogP contribution in [0, 0.1) is 0 Å². The zero-order chi connectivity index (χ0) is 20.1. The Morgan fingerprint density at radius 3 is 2.57 bits per heavy atom. The van der Waals surface area contributed by atoms with Gasteiger partial charge in [0.05, 0.1) is 31.0 Å². The summed E-state index contributed by atoms with van der Waals surface area (Å²) < 4.78 is 11.9. The smallest absolute Gasteiger partial charge is 0.273 e. The van der Waals surface area contributed by atoms with Crippen LogP contribution in [0.2, 0.25) is 0 Å². The second-order valence-electron chi connectivity index (χ2n) is 6.04. The highest BCUT2D eigenvalue weighted by molar-refractivity contribution is 5.91. The number of fused-ring (bicyclic) bond motifs is 1. The molecular formula is C20H21N3O5. The minimum absolute atomic E-state index is 0.0176. The Balaban J connectivity index is 1.71. The summed E-state index contributed by atoms with van der Waals surface area (Å²) in [7, 11) is 1.52. The highest BCUT2D eigenvalue weighted by Crippen LogP contribution is 2.30. The van der Waals surface area contributed by atoms with Gasteiger partial charge in [0.25, 0.3) is 11.1 Å². The first-order valence-corrected chi connectivity index (χ1v) is 8.86. The summed E-state index contributed by atoms with van der Waals surface area (Å²) in [5.41, 5.74) is -0.165. The lowest BCUT2D eigenvalue weighted by atomic mass is 10.2. The van der Waals surface area contributed by atoms with Gasteiger partial charge in [0.15, 0.2) is 11.5 Å². The van der Waals surface area contributed by atoms with Gasteiger partial charge in [-0.1, -0.05) is 12.1 Å². The topological polar surface area (TPSA) is 102 Å². The zero-order valence-electron chi connectivity index (χ0n) is 15.7. The highest BCUT2D eigenvalue weighted by Gasteiger charge is 2.10. The van der Waals surface area contributed by atoms with E-state index in [0.717, 1.165) is 4.68 Å². The lowest BCUT2D eigenvalue weighted by Crippen LogP contribution is -2.31. The van der Waals surface area contributed by atoms with Gasteiger partial charge in [-0.3, -0.25) is 19.5 Å². The van der Waals surface area contributed by atoms with Crippen molar-refractivity contribution >= 4 is 22.4 Å². The average Bonchev–Trinajstić information content (AvgIpc) is 2.71. The van der Waals surface area contributed by atoms with Gasteiger partial charge >= 0.3 is 0 Å². The molecule has 0 atom stereocenters. The molecule has 1 aromatic heterocycles. The molecule has 0 spiro atoms. The number of H-pyrrole nitrogens is 1. The van der Waals surface area contributed by atoms with E-state index in [1.165, 1.54) is 7.11 Å². The third-order valence-electron chi connectivity index (χ3n) is 4.19. The van der Waals surface area contributed by atoms with Gasteiger partial charge in [-0.05, 0) is 31.2 Å². The van der Waals surface area contributed by atoms with Crippen molar-refractivity contribution in [2.75, 3.05) is 19.0 Å².